The fourth-order valence-corrected chi connectivity index (χ4v) is 4.67. The molecule has 0 atom stereocenters. The van der Waals surface area contributed by atoms with Crippen LogP contribution in [0.3, 0.4) is 0 Å². The number of aromatic nitrogens is 1. The Balaban J connectivity index is 1.60. The van der Waals surface area contributed by atoms with Crippen molar-refractivity contribution in [1.82, 2.24) is 9.29 Å². The van der Waals surface area contributed by atoms with Gasteiger partial charge in [0, 0.05) is 36.8 Å². The van der Waals surface area contributed by atoms with E-state index in [2.05, 4.69) is 14.0 Å². The largest absolute Gasteiger partial charge is 0.393 e. The Morgan fingerprint density at radius 3 is 2.90 bits per heavy atom. The Morgan fingerprint density at radius 1 is 1.33 bits per heavy atom. The highest BCUT2D eigenvalue weighted by molar-refractivity contribution is 7.98. The van der Waals surface area contributed by atoms with Crippen LogP contribution in [0.2, 0.25) is 10.0 Å². The summed E-state index contributed by atoms with van der Waals surface area (Å²) in [6.45, 7) is 1.82. The number of halogens is 2. The van der Waals surface area contributed by atoms with E-state index in [4.69, 9.17) is 23.2 Å². The molecule has 0 bridgehead atoms. The van der Waals surface area contributed by atoms with Crippen molar-refractivity contribution in [3.63, 3.8) is 0 Å². The maximum absolute atomic E-state index is 9.39. The molecule has 1 aliphatic heterocycles. The highest BCUT2D eigenvalue weighted by Crippen LogP contribution is 2.42. The summed E-state index contributed by atoms with van der Waals surface area (Å²) < 4.78 is 5.68. The summed E-state index contributed by atoms with van der Waals surface area (Å²) in [6, 6.07) is 1.99. The number of nitrogens with zero attached hydrogens (tertiary/aromatic N) is 1. The zero-order valence-electron chi connectivity index (χ0n) is 11.2. The maximum Gasteiger partial charge on any atom is 0.0742 e. The van der Waals surface area contributed by atoms with Crippen LogP contribution < -0.4 is 4.72 Å². The molecule has 112 valence electrons. The van der Waals surface area contributed by atoms with Gasteiger partial charge in [0.1, 0.15) is 0 Å². The van der Waals surface area contributed by atoms with E-state index in [-0.39, 0.29) is 6.10 Å². The van der Waals surface area contributed by atoms with Crippen LogP contribution in [0, 0.1) is 5.92 Å². The molecule has 1 aliphatic carbocycles. The Bertz CT molecular complexity index is 699. The van der Waals surface area contributed by atoms with E-state index in [1.165, 1.54) is 5.56 Å². The van der Waals surface area contributed by atoms with Crippen LogP contribution in [0.1, 0.15) is 18.4 Å². The normalized spacial score (nSPS) is 25.5. The lowest BCUT2D eigenvalue weighted by Crippen LogP contribution is -2.37. The number of H-pyrrole nitrogens is 1. The SMILES string of the molecule is OC1CC(CN2Cc3cc(Cl)c4c(Cl)c[nH]c4c3NS2)C1. The molecule has 1 aromatic carbocycles. The van der Waals surface area contributed by atoms with Crippen LogP contribution in [-0.2, 0) is 6.54 Å². The van der Waals surface area contributed by atoms with Gasteiger partial charge in [-0.3, -0.25) is 0 Å². The number of aliphatic hydroxyl groups is 1. The Hall–Kier alpha value is -0.590. The lowest BCUT2D eigenvalue weighted by molar-refractivity contribution is 0.0352. The van der Waals surface area contributed by atoms with E-state index in [1.54, 1.807) is 18.3 Å². The first-order valence-electron chi connectivity index (χ1n) is 6.95. The molecule has 0 spiro atoms. The van der Waals surface area contributed by atoms with E-state index in [0.717, 1.165) is 42.5 Å². The molecule has 7 heteroatoms. The number of hydrogen-bond acceptors (Lipinski definition) is 4. The summed E-state index contributed by atoms with van der Waals surface area (Å²) in [5.41, 5.74) is 3.20. The van der Waals surface area contributed by atoms with E-state index in [9.17, 15) is 5.11 Å². The van der Waals surface area contributed by atoms with Gasteiger partial charge in [-0.2, -0.15) is 0 Å². The van der Waals surface area contributed by atoms with Crippen molar-refractivity contribution < 1.29 is 5.11 Å². The Kier molecular flexibility index (Phi) is 3.51. The number of fused-ring (bicyclic) bond motifs is 3. The quantitative estimate of drug-likeness (QED) is 0.720. The average Bonchev–Trinajstić information content (AvgIpc) is 2.80. The van der Waals surface area contributed by atoms with E-state index >= 15 is 0 Å². The fourth-order valence-electron chi connectivity index (χ4n) is 3.10. The molecular formula is C14H15Cl2N3OS. The number of nitrogens with one attached hydrogen (secondary N) is 2. The third kappa shape index (κ3) is 2.41. The van der Waals surface area contributed by atoms with Crippen LogP contribution in [0.25, 0.3) is 10.9 Å². The van der Waals surface area contributed by atoms with Crippen molar-refractivity contribution in [2.24, 2.45) is 5.92 Å². The predicted molar refractivity (Wildman–Crippen MR) is 88.7 cm³/mol. The summed E-state index contributed by atoms with van der Waals surface area (Å²) in [5.74, 6) is 0.593. The number of hydrogen-bond donors (Lipinski definition) is 3. The minimum atomic E-state index is -0.0971. The van der Waals surface area contributed by atoms with Crippen LogP contribution in [0.4, 0.5) is 5.69 Å². The molecule has 2 aliphatic rings. The second-order valence-electron chi connectivity index (χ2n) is 5.79. The first-order chi connectivity index (χ1) is 10.1. The minimum absolute atomic E-state index is 0.0971. The lowest BCUT2D eigenvalue weighted by Gasteiger charge is -2.37. The molecule has 3 N–H and O–H groups in total. The van der Waals surface area contributed by atoms with Crippen LogP contribution in [-0.4, -0.2) is 27.0 Å². The third-order valence-electron chi connectivity index (χ3n) is 4.24. The second kappa shape index (κ2) is 5.25. The Morgan fingerprint density at radius 2 is 2.14 bits per heavy atom. The summed E-state index contributed by atoms with van der Waals surface area (Å²) in [5, 5.41) is 11.6. The lowest BCUT2D eigenvalue weighted by atomic mass is 9.82. The minimum Gasteiger partial charge on any atom is -0.393 e. The first-order valence-corrected chi connectivity index (χ1v) is 8.48. The van der Waals surface area contributed by atoms with Crippen LogP contribution in [0.5, 0.6) is 0 Å². The summed E-state index contributed by atoms with van der Waals surface area (Å²) in [4.78, 5) is 3.20. The van der Waals surface area contributed by atoms with Crippen molar-refractivity contribution in [3.8, 4) is 0 Å². The fraction of sp³-hybridized carbons (Fsp3) is 0.429. The molecule has 0 amide bonds. The molecule has 1 saturated carbocycles. The standard InChI is InChI=1S/C14H15Cl2N3OS/c15-10-3-8-6-19(5-7-1-9(20)2-7)21-18-13(8)14-12(10)11(16)4-17-14/h3-4,7,9,17-18,20H,1-2,5-6H2. The van der Waals surface area contributed by atoms with Gasteiger partial charge in [-0.25, -0.2) is 4.31 Å². The first kappa shape index (κ1) is 14.0. The van der Waals surface area contributed by atoms with Crippen molar-refractivity contribution in [2.75, 3.05) is 11.3 Å². The highest BCUT2D eigenvalue weighted by Gasteiger charge is 2.31. The topological polar surface area (TPSA) is 51.3 Å². The van der Waals surface area contributed by atoms with E-state index < -0.39 is 0 Å². The molecule has 4 rings (SSSR count). The van der Waals surface area contributed by atoms with Gasteiger partial charge >= 0.3 is 0 Å². The number of aliphatic hydroxyl groups excluding tert-OH is 1. The highest BCUT2D eigenvalue weighted by atomic mass is 35.5. The molecule has 0 unspecified atom stereocenters. The number of benzene rings is 1. The number of rotatable bonds is 2. The van der Waals surface area contributed by atoms with Gasteiger partial charge < -0.3 is 14.8 Å². The van der Waals surface area contributed by atoms with Crippen LogP contribution >= 0.6 is 35.3 Å². The van der Waals surface area contributed by atoms with Gasteiger partial charge in [0.05, 0.1) is 27.4 Å². The average molecular weight is 344 g/mol. The van der Waals surface area contributed by atoms with Crippen molar-refractivity contribution in [1.29, 1.82) is 0 Å². The molecule has 4 nitrogen and oxygen atoms in total. The van der Waals surface area contributed by atoms with Gasteiger partial charge in [-0.15, -0.1) is 0 Å². The molecular weight excluding hydrogens is 329 g/mol. The molecule has 0 saturated heterocycles. The molecule has 1 aromatic heterocycles. The summed E-state index contributed by atoms with van der Waals surface area (Å²) in [6.07, 6.45) is 3.50. The van der Waals surface area contributed by atoms with Crippen molar-refractivity contribution >= 4 is 51.9 Å². The second-order valence-corrected chi connectivity index (χ2v) is 7.50. The molecule has 0 radical (unpaired) electrons. The summed E-state index contributed by atoms with van der Waals surface area (Å²) >= 11 is 14.1. The van der Waals surface area contributed by atoms with Gasteiger partial charge in [-0.1, -0.05) is 23.2 Å². The van der Waals surface area contributed by atoms with Gasteiger partial charge in [-0.05, 0) is 30.4 Å². The zero-order chi connectivity index (χ0) is 14.6. The smallest absolute Gasteiger partial charge is 0.0742 e. The monoisotopic (exact) mass is 343 g/mol. The van der Waals surface area contributed by atoms with E-state index in [0.29, 0.717) is 16.0 Å². The number of aromatic amines is 1. The molecule has 2 heterocycles. The van der Waals surface area contributed by atoms with Crippen molar-refractivity contribution in [2.45, 2.75) is 25.5 Å². The summed E-state index contributed by atoms with van der Waals surface area (Å²) in [7, 11) is 0. The third-order valence-corrected chi connectivity index (χ3v) is 5.67. The Labute approximate surface area is 137 Å². The molecule has 21 heavy (non-hydrogen) atoms. The maximum atomic E-state index is 9.39. The number of anilines is 1. The molecule has 2 aromatic rings. The van der Waals surface area contributed by atoms with Gasteiger partial charge in [0.2, 0.25) is 0 Å². The van der Waals surface area contributed by atoms with E-state index in [1.807, 2.05) is 6.07 Å². The van der Waals surface area contributed by atoms with Gasteiger partial charge in [0.15, 0.2) is 0 Å². The van der Waals surface area contributed by atoms with Crippen LogP contribution in [0.15, 0.2) is 12.3 Å². The molecule has 1 fully saturated rings. The zero-order valence-corrected chi connectivity index (χ0v) is 13.5. The van der Waals surface area contributed by atoms with Crippen molar-refractivity contribution in [3.05, 3.63) is 27.9 Å². The predicted octanol–water partition coefficient (Wildman–Crippen LogP) is 4.04. The van der Waals surface area contributed by atoms with Gasteiger partial charge in [0.25, 0.3) is 0 Å².